The number of pyridine rings is 1. The van der Waals surface area contributed by atoms with Gasteiger partial charge in [-0.15, -0.1) is 0 Å². The zero-order chi connectivity index (χ0) is 11.2. The molecule has 2 nitrogen and oxygen atoms in total. The molecule has 1 heterocycles. The SMILES string of the molecule is N[C@@H](CCc1ccccc1)c1ccccn1. The Bertz CT molecular complexity index is 411. The summed E-state index contributed by atoms with van der Waals surface area (Å²) in [5.41, 5.74) is 8.38. The molecule has 1 atom stereocenters. The van der Waals surface area contributed by atoms with Crippen molar-refractivity contribution in [2.75, 3.05) is 0 Å². The Morgan fingerprint density at radius 3 is 2.44 bits per heavy atom. The molecule has 1 aromatic heterocycles. The highest BCUT2D eigenvalue weighted by atomic mass is 14.8. The third-order valence-corrected chi connectivity index (χ3v) is 2.65. The first kappa shape index (κ1) is 10.8. The smallest absolute Gasteiger partial charge is 0.0571 e. The molecule has 0 aliphatic heterocycles. The quantitative estimate of drug-likeness (QED) is 0.846. The van der Waals surface area contributed by atoms with E-state index in [1.165, 1.54) is 5.56 Å². The average Bonchev–Trinajstić information content (AvgIpc) is 2.38. The second-order valence-corrected chi connectivity index (χ2v) is 3.89. The van der Waals surface area contributed by atoms with Crippen LogP contribution in [0.1, 0.15) is 23.7 Å². The van der Waals surface area contributed by atoms with E-state index in [1.54, 1.807) is 6.20 Å². The summed E-state index contributed by atoms with van der Waals surface area (Å²) in [5, 5.41) is 0. The van der Waals surface area contributed by atoms with E-state index in [4.69, 9.17) is 5.73 Å². The number of nitrogens with zero attached hydrogens (tertiary/aromatic N) is 1. The van der Waals surface area contributed by atoms with E-state index in [0.29, 0.717) is 0 Å². The maximum atomic E-state index is 6.08. The Morgan fingerprint density at radius 1 is 1.00 bits per heavy atom. The summed E-state index contributed by atoms with van der Waals surface area (Å²) in [6.07, 6.45) is 3.72. The summed E-state index contributed by atoms with van der Waals surface area (Å²) < 4.78 is 0. The van der Waals surface area contributed by atoms with Crippen molar-refractivity contribution in [1.29, 1.82) is 0 Å². The Hall–Kier alpha value is -1.67. The van der Waals surface area contributed by atoms with Crippen molar-refractivity contribution >= 4 is 0 Å². The third kappa shape index (κ3) is 2.91. The molecule has 0 saturated heterocycles. The Balaban J connectivity index is 1.92. The highest BCUT2D eigenvalue weighted by Crippen LogP contribution is 2.14. The molecule has 0 aliphatic rings. The molecule has 0 radical (unpaired) electrons. The van der Waals surface area contributed by atoms with E-state index >= 15 is 0 Å². The molecule has 0 unspecified atom stereocenters. The van der Waals surface area contributed by atoms with Crippen LogP contribution in [0.5, 0.6) is 0 Å². The van der Waals surface area contributed by atoms with Gasteiger partial charge in [0.15, 0.2) is 0 Å². The van der Waals surface area contributed by atoms with Gasteiger partial charge in [-0.05, 0) is 30.5 Å². The lowest BCUT2D eigenvalue weighted by molar-refractivity contribution is 0.633. The molecule has 0 saturated carbocycles. The summed E-state index contributed by atoms with van der Waals surface area (Å²) in [4.78, 5) is 4.27. The van der Waals surface area contributed by atoms with Crippen LogP contribution >= 0.6 is 0 Å². The molecular formula is C14H16N2. The Morgan fingerprint density at radius 2 is 1.75 bits per heavy atom. The standard InChI is InChI=1S/C14H16N2/c15-13(14-8-4-5-11-16-14)10-9-12-6-2-1-3-7-12/h1-8,11,13H,9-10,15H2/t13-/m0/s1. The molecule has 0 amide bonds. The van der Waals surface area contributed by atoms with Crippen molar-refractivity contribution in [3.05, 3.63) is 66.0 Å². The molecule has 2 rings (SSSR count). The summed E-state index contributed by atoms with van der Waals surface area (Å²) in [6.45, 7) is 0. The van der Waals surface area contributed by atoms with Gasteiger partial charge in [0.1, 0.15) is 0 Å². The number of rotatable bonds is 4. The van der Waals surface area contributed by atoms with Gasteiger partial charge in [-0.1, -0.05) is 36.4 Å². The van der Waals surface area contributed by atoms with E-state index in [1.807, 2.05) is 24.3 Å². The molecule has 0 bridgehead atoms. The van der Waals surface area contributed by atoms with Crippen LogP contribution in [0.3, 0.4) is 0 Å². The van der Waals surface area contributed by atoms with Gasteiger partial charge < -0.3 is 5.73 Å². The van der Waals surface area contributed by atoms with E-state index in [2.05, 4.69) is 29.2 Å². The van der Waals surface area contributed by atoms with Crippen molar-refractivity contribution in [2.24, 2.45) is 5.73 Å². The van der Waals surface area contributed by atoms with Gasteiger partial charge in [-0.25, -0.2) is 0 Å². The zero-order valence-electron chi connectivity index (χ0n) is 9.21. The van der Waals surface area contributed by atoms with Crippen LogP contribution in [0, 0.1) is 0 Å². The maximum Gasteiger partial charge on any atom is 0.0571 e. The summed E-state index contributed by atoms with van der Waals surface area (Å²) in [5.74, 6) is 0. The summed E-state index contributed by atoms with van der Waals surface area (Å²) in [7, 11) is 0. The minimum atomic E-state index is 0.0291. The fraction of sp³-hybridized carbons (Fsp3) is 0.214. The van der Waals surface area contributed by atoms with Crippen molar-refractivity contribution in [3.8, 4) is 0 Å². The first-order valence-corrected chi connectivity index (χ1v) is 5.56. The number of aryl methyl sites for hydroxylation is 1. The maximum absolute atomic E-state index is 6.08. The molecule has 82 valence electrons. The second-order valence-electron chi connectivity index (χ2n) is 3.89. The predicted molar refractivity (Wildman–Crippen MR) is 65.9 cm³/mol. The lowest BCUT2D eigenvalue weighted by Crippen LogP contribution is -2.12. The van der Waals surface area contributed by atoms with Gasteiger partial charge in [0.2, 0.25) is 0 Å². The average molecular weight is 212 g/mol. The van der Waals surface area contributed by atoms with Gasteiger partial charge in [0.25, 0.3) is 0 Å². The van der Waals surface area contributed by atoms with E-state index in [0.717, 1.165) is 18.5 Å². The van der Waals surface area contributed by atoms with Crippen molar-refractivity contribution < 1.29 is 0 Å². The highest BCUT2D eigenvalue weighted by molar-refractivity contribution is 5.16. The normalized spacial score (nSPS) is 12.3. The summed E-state index contributed by atoms with van der Waals surface area (Å²) >= 11 is 0. The third-order valence-electron chi connectivity index (χ3n) is 2.65. The van der Waals surface area contributed by atoms with Crippen LogP contribution in [0.2, 0.25) is 0 Å². The minimum Gasteiger partial charge on any atom is -0.323 e. The van der Waals surface area contributed by atoms with Crippen LogP contribution in [-0.2, 0) is 6.42 Å². The molecule has 2 N–H and O–H groups in total. The molecule has 0 spiro atoms. The van der Waals surface area contributed by atoms with Crippen LogP contribution < -0.4 is 5.73 Å². The number of hydrogen-bond donors (Lipinski definition) is 1. The molecule has 16 heavy (non-hydrogen) atoms. The van der Waals surface area contributed by atoms with Crippen molar-refractivity contribution in [2.45, 2.75) is 18.9 Å². The first-order valence-electron chi connectivity index (χ1n) is 5.56. The first-order chi connectivity index (χ1) is 7.86. The van der Waals surface area contributed by atoms with Gasteiger partial charge in [0.05, 0.1) is 5.69 Å². The molecule has 2 aromatic rings. The van der Waals surface area contributed by atoms with Crippen LogP contribution in [0.15, 0.2) is 54.7 Å². The minimum absolute atomic E-state index is 0.0291. The molecular weight excluding hydrogens is 196 g/mol. The topological polar surface area (TPSA) is 38.9 Å². The Labute approximate surface area is 96.1 Å². The predicted octanol–water partition coefficient (Wildman–Crippen LogP) is 2.71. The fourth-order valence-corrected chi connectivity index (χ4v) is 1.71. The second kappa shape index (κ2) is 5.42. The van der Waals surface area contributed by atoms with Crippen LogP contribution in [-0.4, -0.2) is 4.98 Å². The largest absolute Gasteiger partial charge is 0.323 e. The molecule has 0 fully saturated rings. The van der Waals surface area contributed by atoms with Crippen molar-refractivity contribution in [1.82, 2.24) is 4.98 Å². The molecule has 1 aromatic carbocycles. The summed E-state index contributed by atoms with van der Waals surface area (Å²) in [6, 6.07) is 16.3. The Kier molecular flexibility index (Phi) is 3.67. The van der Waals surface area contributed by atoms with Gasteiger partial charge >= 0.3 is 0 Å². The van der Waals surface area contributed by atoms with Gasteiger partial charge in [0, 0.05) is 12.2 Å². The lowest BCUT2D eigenvalue weighted by Gasteiger charge is -2.10. The monoisotopic (exact) mass is 212 g/mol. The van der Waals surface area contributed by atoms with Gasteiger partial charge in [-0.3, -0.25) is 4.98 Å². The van der Waals surface area contributed by atoms with Crippen molar-refractivity contribution in [3.63, 3.8) is 0 Å². The number of nitrogens with two attached hydrogens (primary N) is 1. The van der Waals surface area contributed by atoms with Gasteiger partial charge in [-0.2, -0.15) is 0 Å². The highest BCUT2D eigenvalue weighted by Gasteiger charge is 2.06. The lowest BCUT2D eigenvalue weighted by atomic mass is 10.0. The van der Waals surface area contributed by atoms with Crippen LogP contribution in [0.4, 0.5) is 0 Å². The zero-order valence-corrected chi connectivity index (χ0v) is 9.21. The number of benzene rings is 1. The van der Waals surface area contributed by atoms with E-state index in [-0.39, 0.29) is 6.04 Å². The fourth-order valence-electron chi connectivity index (χ4n) is 1.71. The molecule has 2 heteroatoms. The van der Waals surface area contributed by atoms with Crippen LogP contribution in [0.25, 0.3) is 0 Å². The number of hydrogen-bond acceptors (Lipinski definition) is 2. The number of aromatic nitrogens is 1. The van der Waals surface area contributed by atoms with E-state index in [9.17, 15) is 0 Å². The van der Waals surface area contributed by atoms with E-state index < -0.39 is 0 Å². The molecule has 0 aliphatic carbocycles.